The van der Waals surface area contributed by atoms with Crippen molar-refractivity contribution in [3.05, 3.63) is 139 Å². The third-order valence-corrected chi connectivity index (χ3v) is 8.42. The van der Waals surface area contributed by atoms with Crippen molar-refractivity contribution in [2.24, 2.45) is 0 Å². The molecule has 0 amide bonds. The highest BCUT2D eigenvalue weighted by Gasteiger charge is 2.19. The molecule has 2 heteroatoms. The van der Waals surface area contributed by atoms with Gasteiger partial charge < -0.3 is 8.98 Å². The van der Waals surface area contributed by atoms with E-state index in [1.165, 1.54) is 44.2 Å². The van der Waals surface area contributed by atoms with Crippen molar-refractivity contribution in [2.75, 3.05) is 0 Å². The molecule has 41 heavy (non-hydrogen) atoms. The second kappa shape index (κ2) is 9.25. The van der Waals surface area contributed by atoms with Gasteiger partial charge in [-0.3, -0.25) is 0 Å². The van der Waals surface area contributed by atoms with Gasteiger partial charge in [-0.15, -0.1) is 0 Å². The van der Waals surface area contributed by atoms with Gasteiger partial charge in [0.25, 0.3) is 0 Å². The van der Waals surface area contributed by atoms with E-state index >= 15 is 0 Å². The molecule has 0 spiro atoms. The summed E-state index contributed by atoms with van der Waals surface area (Å²) in [5.74, 6) is 0.474. The van der Waals surface area contributed by atoms with Crippen LogP contribution < -0.4 is 0 Å². The Morgan fingerprint density at radius 2 is 1.10 bits per heavy atom. The molecule has 0 radical (unpaired) electrons. The van der Waals surface area contributed by atoms with Crippen LogP contribution in [0.2, 0.25) is 0 Å². The zero-order valence-electron chi connectivity index (χ0n) is 23.1. The molecule has 0 fully saturated rings. The second-order valence-electron chi connectivity index (χ2n) is 11.1. The van der Waals surface area contributed by atoms with Gasteiger partial charge in [-0.25, -0.2) is 0 Å². The smallest absolute Gasteiger partial charge is 0.143 e. The van der Waals surface area contributed by atoms with E-state index in [-0.39, 0.29) is 0 Å². The van der Waals surface area contributed by atoms with Crippen LogP contribution in [0.15, 0.2) is 138 Å². The van der Waals surface area contributed by atoms with Gasteiger partial charge in [0.05, 0.1) is 16.7 Å². The number of hydrogen-bond acceptors (Lipinski definition) is 1. The highest BCUT2D eigenvalue weighted by atomic mass is 16.3. The van der Waals surface area contributed by atoms with Crippen LogP contribution in [0.4, 0.5) is 0 Å². The van der Waals surface area contributed by atoms with E-state index < -0.39 is 0 Å². The second-order valence-corrected chi connectivity index (χ2v) is 11.1. The Bertz CT molecular complexity index is 2240. The van der Waals surface area contributed by atoms with Crippen LogP contribution in [0.25, 0.3) is 71.7 Å². The Hall–Kier alpha value is -5.08. The third kappa shape index (κ3) is 3.64. The van der Waals surface area contributed by atoms with E-state index in [1.807, 2.05) is 12.1 Å². The maximum atomic E-state index is 6.47. The van der Waals surface area contributed by atoms with Gasteiger partial charge in [-0.1, -0.05) is 117 Å². The minimum Gasteiger partial charge on any atom is -0.455 e. The van der Waals surface area contributed by atoms with Crippen molar-refractivity contribution in [3.8, 4) is 27.9 Å². The van der Waals surface area contributed by atoms with Crippen molar-refractivity contribution in [1.29, 1.82) is 0 Å². The van der Waals surface area contributed by atoms with E-state index in [9.17, 15) is 0 Å². The summed E-state index contributed by atoms with van der Waals surface area (Å²) in [5, 5.41) is 4.86. The molecule has 0 saturated heterocycles. The van der Waals surface area contributed by atoms with Gasteiger partial charge in [0.2, 0.25) is 0 Å². The highest BCUT2D eigenvalue weighted by Crippen LogP contribution is 2.43. The number of benzene rings is 6. The first-order valence-corrected chi connectivity index (χ1v) is 14.3. The topological polar surface area (TPSA) is 18.1 Å². The Morgan fingerprint density at radius 3 is 1.93 bits per heavy atom. The van der Waals surface area contributed by atoms with Gasteiger partial charge in [0.15, 0.2) is 0 Å². The van der Waals surface area contributed by atoms with Crippen molar-refractivity contribution >= 4 is 43.7 Å². The predicted octanol–water partition coefficient (Wildman–Crippen LogP) is 11.1. The van der Waals surface area contributed by atoms with E-state index in [1.54, 1.807) is 0 Å². The third-order valence-electron chi connectivity index (χ3n) is 8.42. The molecule has 0 saturated carbocycles. The van der Waals surface area contributed by atoms with Gasteiger partial charge in [0.1, 0.15) is 11.2 Å². The molecule has 0 aliphatic heterocycles. The molecule has 0 bridgehead atoms. The molecule has 8 aromatic rings. The van der Waals surface area contributed by atoms with Crippen LogP contribution >= 0.6 is 0 Å². The molecule has 0 unspecified atom stereocenters. The molecule has 2 heterocycles. The average Bonchev–Trinajstić information content (AvgIpc) is 3.56. The van der Waals surface area contributed by atoms with E-state index in [0.717, 1.165) is 33.1 Å². The van der Waals surface area contributed by atoms with E-state index in [2.05, 4.69) is 140 Å². The molecule has 2 aromatic heterocycles. The normalized spacial score (nSPS) is 11.9. The molecule has 2 nitrogen and oxygen atoms in total. The first kappa shape index (κ1) is 23.8. The van der Waals surface area contributed by atoms with Crippen LogP contribution in [0.1, 0.15) is 25.3 Å². The maximum absolute atomic E-state index is 6.47. The summed E-state index contributed by atoms with van der Waals surface area (Å²) < 4.78 is 8.91. The molecule has 8 rings (SSSR count). The fraction of sp³-hybridized carbons (Fsp3) is 0.0769. The summed E-state index contributed by atoms with van der Waals surface area (Å²) >= 11 is 0. The fourth-order valence-electron chi connectivity index (χ4n) is 6.42. The molecule has 0 N–H and O–H groups in total. The predicted molar refractivity (Wildman–Crippen MR) is 173 cm³/mol. The minimum absolute atomic E-state index is 0.474. The average molecular weight is 528 g/mol. The Balaban J connectivity index is 1.41. The summed E-state index contributed by atoms with van der Waals surface area (Å²) in [6.45, 7) is 4.52. The molecular formula is C39H29NO. The van der Waals surface area contributed by atoms with Crippen LogP contribution in [-0.4, -0.2) is 4.57 Å². The fourth-order valence-corrected chi connectivity index (χ4v) is 6.42. The highest BCUT2D eigenvalue weighted by molar-refractivity contribution is 6.12. The first-order valence-electron chi connectivity index (χ1n) is 14.3. The number of hydrogen-bond donors (Lipinski definition) is 0. The van der Waals surface area contributed by atoms with Gasteiger partial charge in [-0.2, -0.15) is 0 Å². The van der Waals surface area contributed by atoms with Crippen LogP contribution in [0, 0.1) is 0 Å². The lowest BCUT2D eigenvalue weighted by molar-refractivity contribution is 0.670. The number of aromatic nitrogens is 1. The number of furan rings is 1. The number of rotatable bonds is 4. The van der Waals surface area contributed by atoms with Crippen LogP contribution in [0.3, 0.4) is 0 Å². The monoisotopic (exact) mass is 527 g/mol. The number of fused-ring (bicyclic) bond motifs is 6. The van der Waals surface area contributed by atoms with Crippen LogP contribution in [0.5, 0.6) is 0 Å². The van der Waals surface area contributed by atoms with Crippen molar-refractivity contribution < 1.29 is 4.42 Å². The largest absolute Gasteiger partial charge is 0.455 e. The zero-order chi connectivity index (χ0) is 27.5. The standard InChI is InChI=1S/C39H29NO/c1-25(2)26-22-23-37-34(24-26)30-15-6-9-20-36(30)40(37)35-19-8-5-14-29(35)27-12-3-4-13-28(27)32-17-11-18-33-31-16-7-10-21-38(31)41-39(32)33/h3-25H,1-2H3. The molecule has 196 valence electrons. The quantitative estimate of drug-likeness (QED) is 0.223. The van der Waals surface area contributed by atoms with Crippen molar-refractivity contribution in [2.45, 2.75) is 19.8 Å². The first-order chi connectivity index (χ1) is 20.2. The summed E-state index contributed by atoms with van der Waals surface area (Å²) in [6, 6.07) is 48.0. The summed E-state index contributed by atoms with van der Waals surface area (Å²) in [5.41, 5.74) is 11.4. The summed E-state index contributed by atoms with van der Waals surface area (Å²) in [7, 11) is 0. The Kier molecular flexibility index (Phi) is 5.36. The molecule has 6 aromatic carbocycles. The van der Waals surface area contributed by atoms with Crippen molar-refractivity contribution in [1.82, 2.24) is 4.57 Å². The van der Waals surface area contributed by atoms with Gasteiger partial charge in [-0.05, 0) is 52.9 Å². The molecule has 0 aliphatic carbocycles. The summed E-state index contributed by atoms with van der Waals surface area (Å²) in [6.07, 6.45) is 0. The minimum atomic E-state index is 0.474. The number of para-hydroxylation sites is 4. The summed E-state index contributed by atoms with van der Waals surface area (Å²) in [4.78, 5) is 0. The molecule has 0 aliphatic rings. The lowest BCUT2D eigenvalue weighted by Crippen LogP contribution is -1.98. The van der Waals surface area contributed by atoms with Gasteiger partial charge >= 0.3 is 0 Å². The number of nitrogens with zero attached hydrogens (tertiary/aromatic N) is 1. The molecule has 0 atom stereocenters. The SMILES string of the molecule is CC(C)c1ccc2c(c1)c1ccccc1n2-c1ccccc1-c1ccccc1-c1cccc2c1oc1ccccc12. The lowest BCUT2D eigenvalue weighted by Gasteiger charge is -2.17. The Labute approximate surface area is 239 Å². The molecular weight excluding hydrogens is 498 g/mol. The van der Waals surface area contributed by atoms with Crippen molar-refractivity contribution in [3.63, 3.8) is 0 Å². The van der Waals surface area contributed by atoms with Crippen LogP contribution in [-0.2, 0) is 0 Å². The van der Waals surface area contributed by atoms with E-state index in [0.29, 0.717) is 5.92 Å². The zero-order valence-corrected chi connectivity index (χ0v) is 23.1. The van der Waals surface area contributed by atoms with Gasteiger partial charge in [0, 0.05) is 32.7 Å². The lowest BCUT2D eigenvalue weighted by atomic mass is 9.92. The van der Waals surface area contributed by atoms with E-state index in [4.69, 9.17) is 4.42 Å². The Morgan fingerprint density at radius 1 is 0.488 bits per heavy atom. The maximum Gasteiger partial charge on any atom is 0.143 e.